The molecule has 1 unspecified atom stereocenters. The van der Waals surface area contributed by atoms with Crippen molar-refractivity contribution < 1.29 is 18.7 Å². The first-order valence-corrected chi connectivity index (χ1v) is 10.5. The highest BCUT2D eigenvalue weighted by Gasteiger charge is 2.35. The van der Waals surface area contributed by atoms with E-state index < -0.39 is 13.4 Å². The van der Waals surface area contributed by atoms with Gasteiger partial charge in [-0.15, -0.1) is 0 Å². The molecule has 3 aromatic carbocycles. The highest BCUT2D eigenvalue weighted by molar-refractivity contribution is 7.54. The monoisotopic (exact) mass is 382 g/mol. The average molecular weight is 382 g/mol. The molecule has 4 nitrogen and oxygen atoms in total. The Morgan fingerprint density at radius 3 is 1.44 bits per heavy atom. The van der Waals surface area contributed by atoms with Gasteiger partial charge in [-0.1, -0.05) is 91.0 Å². The molecule has 0 saturated heterocycles. The lowest BCUT2D eigenvalue weighted by Crippen LogP contribution is -2.15. The number of aliphatic hydroxyl groups is 1. The van der Waals surface area contributed by atoms with E-state index in [1.165, 1.54) is 0 Å². The van der Waals surface area contributed by atoms with Crippen LogP contribution in [0.3, 0.4) is 0 Å². The van der Waals surface area contributed by atoms with Gasteiger partial charge in [-0.3, -0.25) is 4.57 Å². The van der Waals surface area contributed by atoms with Crippen LogP contribution in [-0.2, 0) is 33.2 Å². The van der Waals surface area contributed by atoms with Gasteiger partial charge in [0.25, 0.3) is 0 Å². The standard InChI is InChI=1S/C22H23O4P/c23-22(16-19-10-4-1-5-11-19)27(24,25-17-20-12-6-2-7-13-20)26-18-21-14-8-3-9-15-21/h1-15,22-23H,16-18H2. The maximum atomic E-state index is 13.4. The SMILES string of the molecule is O=P(OCc1ccccc1)(OCc1ccccc1)C(O)Cc1ccccc1. The summed E-state index contributed by atoms with van der Waals surface area (Å²) in [6, 6.07) is 28.3. The normalized spacial score (nSPS) is 12.6. The van der Waals surface area contributed by atoms with E-state index in [9.17, 15) is 9.67 Å². The van der Waals surface area contributed by atoms with Gasteiger partial charge in [0.15, 0.2) is 5.85 Å². The molecule has 0 aliphatic carbocycles. The third-order valence-electron chi connectivity index (χ3n) is 4.13. The third-order valence-corrected chi connectivity index (χ3v) is 6.02. The van der Waals surface area contributed by atoms with Gasteiger partial charge in [-0.25, -0.2) is 0 Å². The summed E-state index contributed by atoms with van der Waals surface area (Å²) in [5.74, 6) is -1.24. The van der Waals surface area contributed by atoms with Crippen molar-refractivity contribution in [2.75, 3.05) is 0 Å². The van der Waals surface area contributed by atoms with E-state index in [4.69, 9.17) is 9.05 Å². The number of hydrogen-bond donors (Lipinski definition) is 1. The predicted octanol–water partition coefficient (Wildman–Crippen LogP) is 5.17. The molecule has 0 spiro atoms. The van der Waals surface area contributed by atoms with Gasteiger partial charge in [-0.05, 0) is 16.7 Å². The van der Waals surface area contributed by atoms with E-state index in [-0.39, 0.29) is 19.6 Å². The van der Waals surface area contributed by atoms with Crippen molar-refractivity contribution in [3.8, 4) is 0 Å². The van der Waals surface area contributed by atoms with Crippen LogP contribution in [0.4, 0.5) is 0 Å². The Labute approximate surface area is 159 Å². The van der Waals surface area contributed by atoms with Crippen LogP contribution in [0.15, 0.2) is 91.0 Å². The minimum atomic E-state index is -3.75. The predicted molar refractivity (Wildman–Crippen MR) is 106 cm³/mol. The Morgan fingerprint density at radius 2 is 1.04 bits per heavy atom. The fraction of sp³-hybridized carbons (Fsp3) is 0.182. The highest BCUT2D eigenvalue weighted by atomic mass is 31.2. The van der Waals surface area contributed by atoms with E-state index in [1.807, 2.05) is 91.0 Å². The zero-order valence-electron chi connectivity index (χ0n) is 15.0. The smallest absolute Gasteiger partial charge is 0.359 e. The van der Waals surface area contributed by atoms with Crippen LogP contribution < -0.4 is 0 Å². The first-order valence-electron chi connectivity index (χ1n) is 8.84. The summed E-state index contributed by atoms with van der Waals surface area (Å²) in [6.07, 6.45) is 0.196. The molecule has 0 fully saturated rings. The topological polar surface area (TPSA) is 55.8 Å². The van der Waals surface area contributed by atoms with Crippen LogP contribution in [0.25, 0.3) is 0 Å². The van der Waals surface area contributed by atoms with Gasteiger partial charge in [0.1, 0.15) is 0 Å². The first kappa shape index (κ1) is 19.5. The van der Waals surface area contributed by atoms with E-state index in [2.05, 4.69) is 0 Å². The molecule has 5 heteroatoms. The zero-order chi connectivity index (χ0) is 19.0. The average Bonchev–Trinajstić information content (AvgIpc) is 2.73. The third kappa shape index (κ3) is 5.88. The van der Waals surface area contributed by atoms with Gasteiger partial charge in [-0.2, -0.15) is 0 Å². The molecule has 27 heavy (non-hydrogen) atoms. The lowest BCUT2D eigenvalue weighted by atomic mass is 10.2. The largest absolute Gasteiger partial charge is 0.380 e. The highest BCUT2D eigenvalue weighted by Crippen LogP contribution is 2.54. The molecule has 0 amide bonds. The van der Waals surface area contributed by atoms with Gasteiger partial charge in [0.2, 0.25) is 0 Å². The summed E-state index contributed by atoms with van der Waals surface area (Å²) in [4.78, 5) is 0. The molecule has 1 N–H and O–H groups in total. The van der Waals surface area contributed by atoms with Crippen molar-refractivity contribution in [2.24, 2.45) is 0 Å². The molecule has 0 bridgehead atoms. The van der Waals surface area contributed by atoms with E-state index in [1.54, 1.807) is 0 Å². The fourth-order valence-electron chi connectivity index (χ4n) is 2.62. The summed E-state index contributed by atoms with van der Waals surface area (Å²) in [7, 11) is -3.75. The number of hydrogen-bond acceptors (Lipinski definition) is 4. The quantitative estimate of drug-likeness (QED) is 0.519. The Kier molecular flexibility index (Phi) is 6.97. The maximum Gasteiger partial charge on any atom is 0.359 e. The number of aliphatic hydroxyl groups excluding tert-OH is 1. The molecule has 0 heterocycles. The molecule has 0 aliphatic rings. The van der Waals surface area contributed by atoms with Crippen LogP contribution >= 0.6 is 7.60 Å². The Hall–Kier alpha value is -2.23. The van der Waals surface area contributed by atoms with Crippen molar-refractivity contribution in [3.05, 3.63) is 108 Å². The maximum absolute atomic E-state index is 13.4. The van der Waals surface area contributed by atoms with Gasteiger partial charge < -0.3 is 14.2 Å². The molecule has 3 rings (SSSR count). The summed E-state index contributed by atoms with van der Waals surface area (Å²) in [5.41, 5.74) is 2.61. The van der Waals surface area contributed by atoms with Crippen molar-refractivity contribution in [1.82, 2.24) is 0 Å². The minimum absolute atomic E-state index is 0.110. The second-order valence-electron chi connectivity index (χ2n) is 6.23. The van der Waals surface area contributed by atoms with Crippen molar-refractivity contribution in [2.45, 2.75) is 25.5 Å². The summed E-state index contributed by atoms with van der Waals surface area (Å²) in [6.45, 7) is 0.220. The van der Waals surface area contributed by atoms with Crippen molar-refractivity contribution in [3.63, 3.8) is 0 Å². The summed E-state index contributed by atoms with van der Waals surface area (Å²) >= 11 is 0. The van der Waals surface area contributed by atoms with E-state index >= 15 is 0 Å². The van der Waals surface area contributed by atoms with Gasteiger partial charge in [0.05, 0.1) is 13.2 Å². The zero-order valence-corrected chi connectivity index (χ0v) is 15.9. The Balaban J connectivity index is 1.72. The van der Waals surface area contributed by atoms with Crippen LogP contribution in [0.2, 0.25) is 0 Å². The van der Waals surface area contributed by atoms with Gasteiger partial charge in [0, 0.05) is 6.42 Å². The number of rotatable bonds is 9. The second-order valence-corrected chi connectivity index (χ2v) is 8.42. The van der Waals surface area contributed by atoms with Crippen LogP contribution in [0, 0.1) is 0 Å². The van der Waals surface area contributed by atoms with Crippen LogP contribution in [-0.4, -0.2) is 11.0 Å². The van der Waals surface area contributed by atoms with Crippen LogP contribution in [0.1, 0.15) is 16.7 Å². The van der Waals surface area contributed by atoms with E-state index in [0.717, 1.165) is 16.7 Å². The Morgan fingerprint density at radius 1 is 0.667 bits per heavy atom. The lowest BCUT2D eigenvalue weighted by Gasteiger charge is -2.23. The fourth-order valence-corrected chi connectivity index (χ4v) is 4.13. The van der Waals surface area contributed by atoms with E-state index in [0.29, 0.717) is 0 Å². The molecule has 140 valence electrons. The van der Waals surface area contributed by atoms with Crippen molar-refractivity contribution in [1.29, 1.82) is 0 Å². The number of benzene rings is 3. The molecule has 0 aliphatic heterocycles. The molecule has 0 aromatic heterocycles. The lowest BCUT2D eigenvalue weighted by molar-refractivity contribution is 0.132. The molecular formula is C22H23O4P. The molecular weight excluding hydrogens is 359 g/mol. The van der Waals surface area contributed by atoms with Gasteiger partial charge >= 0.3 is 7.60 Å². The molecule has 3 aromatic rings. The minimum Gasteiger partial charge on any atom is -0.380 e. The molecule has 1 atom stereocenters. The first-order chi connectivity index (χ1) is 13.2. The molecule has 0 saturated carbocycles. The Bertz CT molecular complexity index is 806. The summed E-state index contributed by atoms with van der Waals surface area (Å²) < 4.78 is 24.7. The molecule has 0 radical (unpaired) electrons. The van der Waals surface area contributed by atoms with Crippen molar-refractivity contribution >= 4 is 7.60 Å². The van der Waals surface area contributed by atoms with Crippen LogP contribution in [0.5, 0.6) is 0 Å². The summed E-state index contributed by atoms with van der Waals surface area (Å²) in [5, 5.41) is 10.7. The second kappa shape index (κ2) is 9.63.